The summed E-state index contributed by atoms with van der Waals surface area (Å²) in [6, 6.07) is 8.86. The number of benzene rings is 1. The Morgan fingerprint density at radius 2 is 1.81 bits per heavy atom. The van der Waals surface area contributed by atoms with Gasteiger partial charge in [0.05, 0.1) is 30.4 Å². The Morgan fingerprint density at radius 1 is 1.19 bits per heavy atom. The molecule has 6 heteroatoms. The Bertz CT molecular complexity index is 813. The zero-order valence-electron chi connectivity index (χ0n) is 15.6. The lowest BCUT2D eigenvalue weighted by atomic mass is 9.75. The van der Waals surface area contributed by atoms with Crippen LogP contribution < -0.4 is 0 Å². The van der Waals surface area contributed by atoms with Crippen molar-refractivity contribution in [1.29, 1.82) is 5.26 Å². The quantitative estimate of drug-likeness (QED) is 0.775. The lowest BCUT2D eigenvalue weighted by Crippen LogP contribution is -2.36. The minimum absolute atomic E-state index is 0.298. The molecule has 0 saturated carbocycles. The lowest BCUT2D eigenvalue weighted by molar-refractivity contribution is -0.145. The molecule has 1 aromatic rings. The number of esters is 2. The van der Waals surface area contributed by atoms with Gasteiger partial charge in [-0.25, -0.2) is 4.79 Å². The van der Waals surface area contributed by atoms with Gasteiger partial charge >= 0.3 is 11.9 Å². The largest absolute Gasteiger partial charge is 0.468 e. The Balaban J connectivity index is 2.62. The van der Waals surface area contributed by atoms with E-state index < -0.39 is 23.8 Å². The van der Waals surface area contributed by atoms with Gasteiger partial charge in [0, 0.05) is 17.3 Å². The molecule has 0 saturated heterocycles. The number of nitrogens with zero attached hydrogens (tertiary/aromatic N) is 2. The summed E-state index contributed by atoms with van der Waals surface area (Å²) in [7, 11) is 1.31. The maximum Gasteiger partial charge on any atom is 0.336 e. The van der Waals surface area contributed by atoms with Crippen molar-refractivity contribution in [1.82, 2.24) is 0 Å². The van der Waals surface area contributed by atoms with Gasteiger partial charge < -0.3 is 9.47 Å². The third kappa shape index (κ3) is 3.83. The number of allylic oxidation sites excluding steroid dienone is 1. The summed E-state index contributed by atoms with van der Waals surface area (Å²) in [5, 5.41) is 9.01. The Morgan fingerprint density at radius 3 is 2.31 bits per heavy atom. The van der Waals surface area contributed by atoms with Crippen molar-refractivity contribution in [2.45, 2.75) is 39.7 Å². The van der Waals surface area contributed by atoms with Gasteiger partial charge in [0.15, 0.2) is 0 Å². The van der Waals surface area contributed by atoms with Crippen LogP contribution in [0.15, 0.2) is 40.5 Å². The Labute approximate surface area is 153 Å². The smallest absolute Gasteiger partial charge is 0.336 e. The number of hydrogen-bond donors (Lipinski definition) is 0. The first kappa shape index (κ1) is 19.4. The topological polar surface area (TPSA) is 88.8 Å². The SMILES string of the molecule is COC(=O)C1C(C)=NC(C)=C(C(=O)OC(C)C)C1c1ccc(C#N)cc1. The van der Waals surface area contributed by atoms with Gasteiger partial charge in [0.25, 0.3) is 0 Å². The van der Waals surface area contributed by atoms with E-state index in [0.717, 1.165) is 5.56 Å². The van der Waals surface area contributed by atoms with E-state index in [9.17, 15) is 9.59 Å². The minimum Gasteiger partial charge on any atom is -0.468 e. The van der Waals surface area contributed by atoms with Crippen LogP contribution in [0.3, 0.4) is 0 Å². The normalized spacial score (nSPS) is 19.7. The van der Waals surface area contributed by atoms with Gasteiger partial charge in [-0.05, 0) is 45.4 Å². The second-order valence-electron chi connectivity index (χ2n) is 6.42. The molecule has 0 aliphatic carbocycles. The van der Waals surface area contributed by atoms with E-state index in [1.54, 1.807) is 52.0 Å². The molecule has 0 bridgehead atoms. The predicted molar refractivity (Wildman–Crippen MR) is 96.4 cm³/mol. The average molecular weight is 354 g/mol. The molecule has 0 N–H and O–H groups in total. The fraction of sp³-hybridized carbons (Fsp3) is 0.400. The molecule has 136 valence electrons. The van der Waals surface area contributed by atoms with Crippen molar-refractivity contribution in [3.05, 3.63) is 46.7 Å². The van der Waals surface area contributed by atoms with E-state index >= 15 is 0 Å². The Hall–Kier alpha value is -2.94. The van der Waals surface area contributed by atoms with Crippen LogP contribution >= 0.6 is 0 Å². The maximum absolute atomic E-state index is 12.7. The highest BCUT2D eigenvalue weighted by Gasteiger charge is 2.42. The lowest BCUT2D eigenvalue weighted by Gasteiger charge is -2.31. The molecule has 0 radical (unpaired) electrons. The molecule has 1 heterocycles. The van der Waals surface area contributed by atoms with Crippen LogP contribution in [0.5, 0.6) is 0 Å². The monoisotopic (exact) mass is 354 g/mol. The van der Waals surface area contributed by atoms with Crippen LogP contribution in [0.25, 0.3) is 0 Å². The Kier molecular flexibility index (Phi) is 5.93. The van der Waals surface area contributed by atoms with Crippen LogP contribution in [-0.2, 0) is 19.1 Å². The molecule has 0 aromatic heterocycles. The fourth-order valence-corrected chi connectivity index (χ4v) is 3.14. The van der Waals surface area contributed by atoms with E-state index in [1.807, 2.05) is 0 Å². The van der Waals surface area contributed by atoms with Crippen molar-refractivity contribution in [2.24, 2.45) is 10.9 Å². The zero-order chi connectivity index (χ0) is 19.4. The first-order valence-electron chi connectivity index (χ1n) is 8.35. The molecule has 0 amide bonds. The molecule has 1 aliphatic rings. The number of methoxy groups -OCH3 is 1. The second-order valence-corrected chi connectivity index (χ2v) is 6.42. The molecule has 0 fully saturated rings. The molecule has 0 spiro atoms. The van der Waals surface area contributed by atoms with Crippen LogP contribution in [0.4, 0.5) is 0 Å². The van der Waals surface area contributed by atoms with E-state index in [-0.39, 0.29) is 6.10 Å². The van der Waals surface area contributed by atoms with Crippen molar-refractivity contribution in [3.63, 3.8) is 0 Å². The third-order valence-electron chi connectivity index (χ3n) is 4.24. The van der Waals surface area contributed by atoms with Gasteiger partial charge in [-0.3, -0.25) is 9.79 Å². The summed E-state index contributed by atoms with van der Waals surface area (Å²) in [5.41, 5.74) is 2.65. The van der Waals surface area contributed by atoms with Crippen LogP contribution in [0, 0.1) is 17.2 Å². The van der Waals surface area contributed by atoms with Gasteiger partial charge in [-0.15, -0.1) is 0 Å². The summed E-state index contributed by atoms with van der Waals surface area (Å²) in [6.07, 6.45) is -0.298. The van der Waals surface area contributed by atoms with Crippen molar-refractivity contribution in [2.75, 3.05) is 7.11 Å². The third-order valence-corrected chi connectivity index (χ3v) is 4.24. The number of carbonyl (C=O) groups is 2. The van der Waals surface area contributed by atoms with Crippen LogP contribution in [0.2, 0.25) is 0 Å². The average Bonchev–Trinajstić information content (AvgIpc) is 2.59. The highest BCUT2D eigenvalue weighted by molar-refractivity contribution is 6.07. The van der Waals surface area contributed by atoms with Crippen LogP contribution in [0.1, 0.15) is 44.7 Å². The summed E-state index contributed by atoms with van der Waals surface area (Å²) in [4.78, 5) is 29.6. The summed E-state index contributed by atoms with van der Waals surface area (Å²) in [5.74, 6) is -2.29. The van der Waals surface area contributed by atoms with Crippen molar-refractivity contribution < 1.29 is 19.1 Å². The van der Waals surface area contributed by atoms with Gasteiger partial charge in [0.1, 0.15) is 5.92 Å². The minimum atomic E-state index is -0.730. The van der Waals surface area contributed by atoms with Crippen molar-refractivity contribution >= 4 is 17.7 Å². The molecule has 1 aliphatic heterocycles. The molecular formula is C20H22N2O4. The molecule has 26 heavy (non-hydrogen) atoms. The first-order valence-corrected chi connectivity index (χ1v) is 8.35. The maximum atomic E-state index is 12.7. The fourth-order valence-electron chi connectivity index (χ4n) is 3.14. The first-order chi connectivity index (χ1) is 12.3. The molecule has 2 rings (SSSR count). The number of aliphatic imine (C=N–C) groups is 1. The van der Waals surface area contributed by atoms with Crippen molar-refractivity contribution in [3.8, 4) is 6.07 Å². The summed E-state index contributed by atoms with van der Waals surface area (Å²) in [6.45, 7) is 7.00. The number of rotatable bonds is 4. The summed E-state index contributed by atoms with van der Waals surface area (Å²) >= 11 is 0. The number of carbonyl (C=O) groups excluding carboxylic acids is 2. The van der Waals surface area contributed by atoms with Gasteiger partial charge in [0.2, 0.25) is 0 Å². The molecule has 2 unspecified atom stereocenters. The molecular weight excluding hydrogens is 332 g/mol. The van der Waals surface area contributed by atoms with E-state index in [0.29, 0.717) is 22.5 Å². The molecule has 2 atom stereocenters. The van der Waals surface area contributed by atoms with E-state index in [2.05, 4.69) is 11.1 Å². The molecule has 1 aromatic carbocycles. The number of nitriles is 1. The van der Waals surface area contributed by atoms with E-state index in [4.69, 9.17) is 14.7 Å². The summed E-state index contributed by atoms with van der Waals surface area (Å²) < 4.78 is 10.3. The number of ether oxygens (including phenoxy) is 2. The van der Waals surface area contributed by atoms with Gasteiger partial charge in [-0.1, -0.05) is 12.1 Å². The predicted octanol–water partition coefficient (Wildman–Crippen LogP) is 3.13. The van der Waals surface area contributed by atoms with Gasteiger partial charge in [-0.2, -0.15) is 5.26 Å². The number of hydrogen-bond acceptors (Lipinski definition) is 6. The highest BCUT2D eigenvalue weighted by Crippen LogP contribution is 2.40. The van der Waals surface area contributed by atoms with Crippen LogP contribution in [-0.4, -0.2) is 30.9 Å². The standard InChI is InChI=1S/C20H22N2O4/c1-11(2)26-20(24)17-13(4)22-12(3)16(19(23)25-5)18(17)15-8-6-14(10-21)7-9-15/h6-9,11,16,18H,1-5H3. The second kappa shape index (κ2) is 7.96. The zero-order valence-corrected chi connectivity index (χ0v) is 15.6. The highest BCUT2D eigenvalue weighted by atomic mass is 16.5. The molecule has 6 nitrogen and oxygen atoms in total. The van der Waals surface area contributed by atoms with E-state index in [1.165, 1.54) is 7.11 Å².